The Morgan fingerprint density at radius 3 is 2.62 bits per heavy atom. The van der Waals surface area contributed by atoms with E-state index in [2.05, 4.69) is 40.4 Å². The molecule has 6 aromatic rings. The first-order chi connectivity index (χ1) is 18.2. The summed E-state index contributed by atoms with van der Waals surface area (Å²) >= 11 is 0. The predicted octanol–water partition coefficient (Wildman–Crippen LogP) is 4.76. The fraction of sp³-hybridized carbons (Fsp3) is 0.148. The highest BCUT2D eigenvalue weighted by atomic mass is 16.1. The smallest absolute Gasteiger partial charge is 0.227 e. The molecule has 0 atom stereocenters. The van der Waals surface area contributed by atoms with Crippen LogP contribution in [0.2, 0.25) is 0 Å². The summed E-state index contributed by atoms with van der Waals surface area (Å²) in [5.74, 6) is 0.780. The number of nitrogens with one attached hydrogen (secondary N) is 3. The molecule has 0 saturated heterocycles. The summed E-state index contributed by atoms with van der Waals surface area (Å²) in [7, 11) is 0. The van der Waals surface area contributed by atoms with E-state index in [-0.39, 0.29) is 11.8 Å². The second-order valence-corrected chi connectivity index (χ2v) is 9.14. The molecule has 1 aliphatic carbocycles. The Labute approximate surface area is 210 Å². The number of H-pyrrole nitrogens is 2. The van der Waals surface area contributed by atoms with Crippen molar-refractivity contribution in [3.8, 4) is 34.0 Å². The number of carbonyl (C=O) groups is 1. The monoisotopic (exact) mass is 487 g/mol. The van der Waals surface area contributed by atoms with Crippen molar-refractivity contribution in [2.45, 2.75) is 19.3 Å². The Morgan fingerprint density at radius 2 is 1.78 bits per heavy atom. The van der Waals surface area contributed by atoms with Crippen LogP contribution < -0.4 is 5.32 Å². The van der Waals surface area contributed by atoms with E-state index in [0.717, 1.165) is 63.7 Å². The van der Waals surface area contributed by atoms with Crippen molar-refractivity contribution in [3.63, 3.8) is 0 Å². The third kappa shape index (κ3) is 3.79. The van der Waals surface area contributed by atoms with Crippen LogP contribution in [-0.4, -0.2) is 46.0 Å². The maximum atomic E-state index is 12.4. The first kappa shape index (κ1) is 21.3. The number of amides is 1. The Morgan fingerprint density at radius 1 is 0.892 bits per heavy atom. The minimum atomic E-state index is 0.0521. The number of aromatic amines is 2. The lowest BCUT2D eigenvalue weighted by Gasteiger charge is -2.24. The van der Waals surface area contributed by atoms with E-state index in [4.69, 9.17) is 4.98 Å². The van der Waals surface area contributed by atoms with E-state index >= 15 is 0 Å². The Kier molecular flexibility index (Phi) is 4.95. The summed E-state index contributed by atoms with van der Waals surface area (Å²) in [4.78, 5) is 38.2. The Bertz CT molecular complexity index is 1770. The van der Waals surface area contributed by atoms with Crippen molar-refractivity contribution in [1.29, 1.82) is 0 Å². The lowest BCUT2D eigenvalue weighted by atomic mass is 9.85. The maximum absolute atomic E-state index is 12.4. The second-order valence-electron chi connectivity index (χ2n) is 9.14. The molecule has 10 heteroatoms. The van der Waals surface area contributed by atoms with Crippen LogP contribution in [0.3, 0.4) is 0 Å². The van der Waals surface area contributed by atoms with Gasteiger partial charge in [0.15, 0.2) is 5.82 Å². The van der Waals surface area contributed by atoms with Crippen molar-refractivity contribution >= 4 is 33.5 Å². The number of rotatable bonds is 5. The van der Waals surface area contributed by atoms with E-state index in [0.29, 0.717) is 17.2 Å². The molecule has 0 aliphatic heterocycles. The number of imidazole rings is 1. The number of hydrogen-bond donors (Lipinski definition) is 3. The van der Waals surface area contributed by atoms with Crippen LogP contribution in [0.15, 0.2) is 67.5 Å². The van der Waals surface area contributed by atoms with Gasteiger partial charge in [0.25, 0.3) is 0 Å². The second kappa shape index (κ2) is 8.59. The molecule has 0 spiro atoms. The average molecular weight is 488 g/mol. The van der Waals surface area contributed by atoms with Crippen molar-refractivity contribution in [2.75, 3.05) is 5.32 Å². The normalized spacial score (nSPS) is 13.6. The van der Waals surface area contributed by atoms with Crippen LogP contribution in [0.5, 0.6) is 0 Å². The van der Waals surface area contributed by atoms with E-state index in [1.807, 2.05) is 30.3 Å². The fourth-order valence-corrected chi connectivity index (χ4v) is 4.59. The zero-order chi connectivity index (χ0) is 24.8. The fourth-order valence-electron chi connectivity index (χ4n) is 4.59. The molecule has 0 bridgehead atoms. The van der Waals surface area contributed by atoms with Crippen LogP contribution in [0.4, 0.5) is 5.69 Å². The first-order valence-electron chi connectivity index (χ1n) is 12.1. The topological polar surface area (TPSA) is 138 Å². The highest BCUT2D eigenvalue weighted by molar-refractivity contribution is 5.97. The minimum Gasteiger partial charge on any atom is -0.336 e. The van der Waals surface area contributed by atoms with Crippen molar-refractivity contribution in [1.82, 2.24) is 40.1 Å². The minimum absolute atomic E-state index is 0.0521. The SMILES string of the molecule is O=C(Nc1cncc(-c2cc3c(-c4nc5c(-c6ccncc6)nccc5[nH]4)n[nH]c3cn2)c1)C1CCC1. The molecule has 1 amide bonds. The van der Waals surface area contributed by atoms with Gasteiger partial charge in [-0.3, -0.25) is 29.8 Å². The number of hydrogen-bond acceptors (Lipinski definition) is 7. The van der Waals surface area contributed by atoms with Gasteiger partial charge in [-0.2, -0.15) is 5.10 Å². The van der Waals surface area contributed by atoms with Crippen LogP contribution in [0, 0.1) is 5.92 Å². The van der Waals surface area contributed by atoms with Gasteiger partial charge in [-0.05, 0) is 43.2 Å². The summed E-state index contributed by atoms with van der Waals surface area (Å²) in [6.07, 6.45) is 13.4. The number of carbonyl (C=O) groups excluding carboxylic acids is 1. The number of nitrogens with zero attached hydrogens (tertiary/aromatic N) is 6. The molecule has 0 aromatic carbocycles. The molecule has 180 valence electrons. The molecule has 1 saturated carbocycles. The lowest BCUT2D eigenvalue weighted by molar-refractivity contribution is -0.122. The zero-order valence-electron chi connectivity index (χ0n) is 19.6. The quantitative estimate of drug-likeness (QED) is 0.319. The number of aromatic nitrogens is 8. The molecular formula is C27H21N9O. The zero-order valence-corrected chi connectivity index (χ0v) is 19.6. The van der Waals surface area contributed by atoms with Gasteiger partial charge in [0, 0.05) is 47.2 Å². The van der Waals surface area contributed by atoms with Crippen molar-refractivity contribution in [3.05, 3.63) is 67.5 Å². The van der Waals surface area contributed by atoms with Crippen molar-refractivity contribution in [2.24, 2.45) is 5.92 Å². The molecule has 0 unspecified atom stereocenters. The number of fused-ring (bicyclic) bond motifs is 2. The van der Waals surface area contributed by atoms with Crippen LogP contribution >= 0.6 is 0 Å². The summed E-state index contributed by atoms with van der Waals surface area (Å²) in [6.45, 7) is 0. The number of anilines is 1. The summed E-state index contributed by atoms with van der Waals surface area (Å²) in [5, 5.41) is 11.4. The predicted molar refractivity (Wildman–Crippen MR) is 139 cm³/mol. The van der Waals surface area contributed by atoms with E-state index < -0.39 is 0 Å². The number of pyridine rings is 4. The third-order valence-electron chi connectivity index (χ3n) is 6.80. The largest absolute Gasteiger partial charge is 0.336 e. The van der Waals surface area contributed by atoms with Crippen LogP contribution in [0.25, 0.3) is 56.0 Å². The van der Waals surface area contributed by atoms with E-state index in [1.165, 1.54) is 0 Å². The highest BCUT2D eigenvalue weighted by Crippen LogP contribution is 2.32. The first-order valence-corrected chi connectivity index (χ1v) is 12.1. The molecular weight excluding hydrogens is 466 g/mol. The molecule has 1 fully saturated rings. The molecule has 3 N–H and O–H groups in total. The van der Waals surface area contributed by atoms with Gasteiger partial charge in [-0.25, -0.2) is 4.98 Å². The summed E-state index contributed by atoms with van der Waals surface area (Å²) < 4.78 is 0. The lowest BCUT2D eigenvalue weighted by Crippen LogP contribution is -2.28. The van der Waals surface area contributed by atoms with Gasteiger partial charge >= 0.3 is 0 Å². The van der Waals surface area contributed by atoms with Gasteiger partial charge in [0.05, 0.1) is 40.5 Å². The molecule has 7 rings (SSSR count). The Balaban J connectivity index is 1.26. The van der Waals surface area contributed by atoms with Crippen molar-refractivity contribution < 1.29 is 4.79 Å². The highest BCUT2D eigenvalue weighted by Gasteiger charge is 2.25. The summed E-state index contributed by atoms with van der Waals surface area (Å²) in [6, 6.07) is 9.57. The third-order valence-corrected chi connectivity index (χ3v) is 6.80. The maximum Gasteiger partial charge on any atom is 0.227 e. The van der Waals surface area contributed by atoms with Gasteiger partial charge in [0.2, 0.25) is 5.91 Å². The molecule has 6 heterocycles. The van der Waals surface area contributed by atoms with E-state index in [1.54, 1.807) is 37.2 Å². The van der Waals surface area contributed by atoms with Gasteiger partial charge in [0.1, 0.15) is 11.2 Å². The van der Waals surface area contributed by atoms with Crippen LogP contribution in [0.1, 0.15) is 19.3 Å². The van der Waals surface area contributed by atoms with Crippen LogP contribution in [-0.2, 0) is 4.79 Å². The molecule has 6 aromatic heterocycles. The molecule has 37 heavy (non-hydrogen) atoms. The average Bonchev–Trinajstić information content (AvgIpc) is 3.52. The van der Waals surface area contributed by atoms with Gasteiger partial charge in [-0.15, -0.1) is 0 Å². The Hall–Kier alpha value is -4.99. The van der Waals surface area contributed by atoms with Gasteiger partial charge < -0.3 is 10.3 Å². The summed E-state index contributed by atoms with van der Waals surface area (Å²) in [5.41, 5.74) is 6.98. The van der Waals surface area contributed by atoms with E-state index in [9.17, 15) is 4.79 Å². The molecule has 0 radical (unpaired) electrons. The standard InChI is InChI=1S/C27H21N9O/c37-27(16-2-1-3-16)32-18-10-17(12-29-13-18)21-11-19-22(14-31-21)35-36-24(19)26-33-20-6-9-30-23(25(20)34-26)15-4-7-28-8-5-15/h4-14,16H,1-3H2,(H,32,37)(H,33,34)(H,35,36). The molecule has 1 aliphatic rings. The van der Waals surface area contributed by atoms with Gasteiger partial charge in [-0.1, -0.05) is 6.42 Å². The molecule has 10 nitrogen and oxygen atoms in total.